The number of carbonyl (C=O) groups is 2. The van der Waals surface area contributed by atoms with Gasteiger partial charge < -0.3 is 19.7 Å². The molecule has 1 aromatic carbocycles. The predicted octanol–water partition coefficient (Wildman–Crippen LogP) is 6.92. The largest absolute Gasteiger partial charge is 0.478 e. The summed E-state index contributed by atoms with van der Waals surface area (Å²) in [6.45, 7) is 9.24. The lowest BCUT2D eigenvalue weighted by Crippen LogP contribution is -2.19. The predicted molar refractivity (Wildman–Crippen MR) is 136 cm³/mol. The van der Waals surface area contributed by atoms with Crippen LogP contribution in [-0.4, -0.2) is 47.6 Å². The summed E-state index contributed by atoms with van der Waals surface area (Å²) in [7, 11) is 0. The first kappa shape index (κ1) is 30.1. The van der Waals surface area contributed by atoms with Gasteiger partial charge in [0.2, 0.25) is 0 Å². The molecule has 6 nitrogen and oxygen atoms in total. The fourth-order valence-electron chi connectivity index (χ4n) is 4.35. The summed E-state index contributed by atoms with van der Waals surface area (Å²) in [5, 5.41) is 19.7. The molecule has 6 heteroatoms. The summed E-state index contributed by atoms with van der Waals surface area (Å²) in [4.78, 5) is 24.0. The molecule has 1 rings (SSSR count). The Bertz CT molecular complexity index is 730. The van der Waals surface area contributed by atoms with Crippen LogP contribution in [0.5, 0.6) is 0 Å². The number of carboxylic acid groups (broad SMARTS) is 2. The molecule has 0 heterocycles. The third-order valence-electron chi connectivity index (χ3n) is 6.44. The Morgan fingerprint density at radius 2 is 1.29 bits per heavy atom. The summed E-state index contributed by atoms with van der Waals surface area (Å²) in [6.07, 6.45) is 11.7. The van der Waals surface area contributed by atoms with E-state index < -0.39 is 11.9 Å². The zero-order valence-electron chi connectivity index (χ0n) is 21.7. The molecule has 0 aliphatic carbocycles. The molecule has 0 aromatic heterocycles. The average Bonchev–Trinajstić information content (AvgIpc) is 2.81. The average molecular weight is 479 g/mol. The van der Waals surface area contributed by atoms with E-state index in [-0.39, 0.29) is 29.8 Å². The van der Waals surface area contributed by atoms with Crippen LogP contribution in [-0.2, 0) is 22.3 Å². The van der Waals surface area contributed by atoms with Crippen LogP contribution in [0.1, 0.15) is 124 Å². The fraction of sp³-hybridized carbons (Fsp3) is 0.714. The molecular weight excluding hydrogens is 432 g/mol. The Hall–Kier alpha value is -1.92. The van der Waals surface area contributed by atoms with E-state index in [1.807, 2.05) is 0 Å². The van der Waals surface area contributed by atoms with Crippen LogP contribution in [0.4, 0.5) is 0 Å². The molecule has 0 aliphatic heterocycles. The summed E-state index contributed by atoms with van der Waals surface area (Å²) in [5.41, 5.74) is 1.09. The van der Waals surface area contributed by atoms with Crippen LogP contribution >= 0.6 is 0 Å². The molecule has 0 aliphatic rings. The topological polar surface area (TPSA) is 93.1 Å². The van der Waals surface area contributed by atoms with Crippen molar-refractivity contribution in [3.63, 3.8) is 0 Å². The van der Waals surface area contributed by atoms with Crippen LogP contribution in [0.15, 0.2) is 12.1 Å². The lowest BCUT2D eigenvalue weighted by atomic mass is 9.92. The van der Waals surface area contributed by atoms with E-state index in [1.54, 1.807) is 6.07 Å². The molecule has 0 radical (unpaired) electrons. The van der Waals surface area contributed by atoms with Crippen molar-refractivity contribution in [1.29, 1.82) is 0 Å². The number of benzene rings is 1. The van der Waals surface area contributed by atoms with Crippen molar-refractivity contribution in [1.82, 2.24) is 0 Å². The molecule has 1 aromatic rings. The van der Waals surface area contributed by atoms with E-state index in [2.05, 4.69) is 27.7 Å². The molecule has 2 unspecified atom stereocenters. The summed E-state index contributed by atoms with van der Waals surface area (Å²) in [6, 6.07) is 3.15. The summed E-state index contributed by atoms with van der Waals surface area (Å²) < 4.78 is 12.0. The van der Waals surface area contributed by atoms with Crippen LogP contribution in [0.2, 0.25) is 0 Å². The van der Waals surface area contributed by atoms with Gasteiger partial charge in [-0.3, -0.25) is 0 Å². The molecule has 194 valence electrons. The molecule has 0 spiro atoms. The van der Waals surface area contributed by atoms with E-state index in [0.717, 1.165) is 51.4 Å². The number of rotatable bonds is 20. The maximum Gasteiger partial charge on any atom is 0.336 e. The van der Waals surface area contributed by atoms with Crippen molar-refractivity contribution in [2.24, 2.45) is 0 Å². The minimum atomic E-state index is -1.11. The highest BCUT2D eigenvalue weighted by Gasteiger charge is 2.22. The van der Waals surface area contributed by atoms with Crippen LogP contribution in [0, 0.1) is 0 Å². The van der Waals surface area contributed by atoms with Gasteiger partial charge in [-0.15, -0.1) is 0 Å². The second-order valence-corrected chi connectivity index (χ2v) is 9.03. The van der Waals surface area contributed by atoms with Crippen LogP contribution in [0.3, 0.4) is 0 Å². The van der Waals surface area contributed by atoms with Gasteiger partial charge in [0.05, 0.1) is 36.5 Å². The Labute approximate surface area is 206 Å². The van der Waals surface area contributed by atoms with Crippen molar-refractivity contribution < 1.29 is 29.3 Å². The standard InChI is InChI=1S/C28H46O6/c1-5-9-11-13-22(7-3)33-19-17-21-15-16-25(27(29)30)24(26(21)28(31)32)18-20-34-23(8-4)14-12-10-6-2/h15-16,22-23H,5-14,17-20H2,1-4H3,(H,29,30)(H,31,32). The van der Waals surface area contributed by atoms with Crippen molar-refractivity contribution in [2.45, 2.75) is 117 Å². The maximum absolute atomic E-state index is 12.2. The van der Waals surface area contributed by atoms with Gasteiger partial charge in [0.1, 0.15) is 0 Å². The SMILES string of the molecule is CCCCCC(CC)OCCc1ccc(C(=O)O)c(CCOC(CC)CCCCC)c1C(=O)O. The van der Waals surface area contributed by atoms with E-state index in [1.165, 1.54) is 18.9 Å². The molecule has 0 fully saturated rings. The third-order valence-corrected chi connectivity index (χ3v) is 6.44. The van der Waals surface area contributed by atoms with Gasteiger partial charge >= 0.3 is 11.9 Å². The van der Waals surface area contributed by atoms with Crippen LogP contribution in [0.25, 0.3) is 0 Å². The molecule has 2 N–H and O–H groups in total. The molecular formula is C28H46O6. The van der Waals surface area contributed by atoms with Crippen molar-refractivity contribution >= 4 is 11.9 Å². The molecule has 0 amide bonds. The Morgan fingerprint density at radius 3 is 1.74 bits per heavy atom. The summed E-state index contributed by atoms with van der Waals surface area (Å²) in [5.74, 6) is -2.21. The number of hydrogen-bond acceptors (Lipinski definition) is 4. The zero-order chi connectivity index (χ0) is 25.3. The van der Waals surface area contributed by atoms with E-state index >= 15 is 0 Å². The van der Waals surface area contributed by atoms with Gasteiger partial charge in [0.25, 0.3) is 0 Å². The monoisotopic (exact) mass is 478 g/mol. The second-order valence-electron chi connectivity index (χ2n) is 9.03. The van der Waals surface area contributed by atoms with Crippen LogP contribution < -0.4 is 0 Å². The van der Waals surface area contributed by atoms with Gasteiger partial charge in [0, 0.05) is 0 Å². The van der Waals surface area contributed by atoms with Crippen molar-refractivity contribution in [3.8, 4) is 0 Å². The molecule has 2 atom stereocenters. The molecule has 0 bridgehead atoms. The maximum atomic E-state index is 12.2. The molecule has 0 saturated carbocycles. The Kier molecular flexibility index (Phi) is 15.5. The quantitative estimate of drug-likeness (QED) is 0.198. The smallest absolute Gasteiger partial charge is 0.336 e. The van der Waals surface area contributed by atoms with Gasteiger partial charge in [-0.2, -0.15) is 0 Å². The highest BCUT2D eigenvalue weighted by molar-refractivity contribution is 5.97. The number of ether oxygens (including phenoxy) is 2. The summed E-state index contributed by atoms with van der Waals surface area (Å²) >= 11 is 0. The van der Waals surface area contributed by atoms with Gasteiger partial charge in [-0.05, 0) is 55.7 Å². The van der Waals surface area contributed by atoms with Crippen molar-refractivity contribution in [3.05, 3.63) is 34.4 Å². The first-order chi connectivity index (χ1) is 16.4. The highest BCUT2D eigenvalue weighted by Crippen LogP contribution is 2.23. The molecule has 0 saturated heterocycles. The number of unbranched alkanes of at least 4 members (excludes halogenated alkanes) is 4. The highest BCUT2D eigenvalue weighted by atomic mass is 16.5. The van der Waals surface area contributed by atoms with E-state index in [9.17, 15) is 19.8 Å². The zero-order valence-corrected chi connectivity index (χ0v) is 21.7. The first-order valence-corrected chi connectivity index (χ1v) is 13.2. The third kappa shape index (κ3) is 10.6. The number of hydrogen-bond donors (Lipinski definition) is 2. The van der Waals surface area contributed by atoms with Gasteiger partial charge in [-0.1, -0.05) is 72.3 Å². The van der Waals surface area contributed by atoms with Crippen molar-refractivity contribution in [2.75, 3.05) is 13.2 Å². The minimum Gasteiger partial charge on any atom is -0.478 e. The van der Waals surface area contributed by atoms with E-state index in [0.29, 0.717) is 30.8 Å². The number of carboxylic acids is 2. The normalized spacial score (nSPS) is 13.1. The lowest BCUT2D eigenvalue weighted by Gasteiger charge is -2.19. The van der Waals surface area contributed by atoms with E-state index in [4.69, 9.17) is 9.47 Å². The number of aromatic carboxylic acids is 2. The Morgan fingerprint density at radius 1 is 0.765 bits per heavy atom. The second kappa shape index (κ2) is 17.5. The van der Waals surface area contributed by atoms with Gasteiger partial charge in [-0.25, -0.2) is 9.59 Å². The van der Waals surface area contributed by atoms with Gasteiger partial charge in [0.15, 0.2) is 0 Å². The minimum absolute atomic E-state index is 0.0377. The first-order valence-electron chi connectivity index (χ1n) is 13.2. The lowest BCUT2D eigenvalue weighted by molar-refractivity contribution is 0.0443. The molecule has 34 heavy (non-hydrogen) atoms. The fourth-order valence-corrected chi connectivity index (χ4v) is 4.35. The Balaban J connectivity index is 2.93.